The summed E-state index contributed by atoms with van der Waals surface area (Å²) in [5.41, 5.74) is 1.61. The van der Waals surface area contributed by atoms with Gasteiger partial charge in [-0.25, -0.2) is 0 Å². The Bertz CT molecular complexity index is 791. The minimum atomic E-state index is -0.327. The molecule has 0 spiro atoms. The van der Waals surface area contributed by atoms with Crippen LogP contribution in [-0.4, -0.2) is 19.6 Å². The topological polar surface area (TPSA) is 59.6 Å². The van der Waals surface area contributed by atoms with E-state index >= 15 is 0 Å². The molecule has 2 heterocycles. The number of carbonyl (C=O) groups excluding carboxylic acids is 1. The van der Waals surface area contributed by atoms with E-state index in [1.807, 2.05) is 25.1 Å². The second-order valence-electron chi connectivity index (χ2n) is 5.71. The first kappa shape index (κ1) is 18.1. The minimum Gasteiger partial charge on any atom is -0.493 e. The molecule has 7 heteroatoms. The van der Waals surface area contributed by atoms with Crippen molar-refractivity contribution in [3.05, 3.63) is 38.7 Å². The van der Waals surface area contributed by atoms with Gasteiger partial charge in [-0.15, -0.1) is 11.3 Å². The van der Waals surface area contributed by atoms with Gasteiger partial charge in [0, 0.05) is 14.9 Å². The van der Waals surface area contributed by atoms with Crippen molar-refractivity contribution in [2.24, 2.45) is 0 Å². The zero-order valence-corrected chi connectivity index (χ0v) is 16.8. The predicted octanol–water partition coefficient (Wildman–Crippen LogP) is 4.72. The lowest BCUT2D eigenvalue weighted by Gasteiger charge is -2.27. The number of carbonyl (C=O) groups is 1. The molecule has 0 aliphatic carbocycles. The van der Waals surface area contributed by atoms with Gasteiger partial charge in [0.15, 0.2) is 11.5 Å². The lowest BCUT2D eigenvalue weighted by molar-refractivity contribution is 0.0936. The molecular weight excluding hydrogens is 404 g/mol. The number of hydrogen-bond acceptors (Lipinski definition) is 5. The standard InChI is InChI=1S/C18H21BrN2O3S/c1-4-6-10-7-12-17(22)20-16(21-18(12)25-10)11-8-14(23-3)15(24-5-2)9-13(11)19/h7-9,16,21H,4-6H2,1-3H3,(H,20,22)/t16-/m0/s1. The van der Waals surface area contributed by atoms with Crippen LogP contribution in [0.2, 0.25) is 0 Å². The molecule has 1 aromatic heterocycles. The first-order chi connectivity index (χ1) is 12.1. The van der Waals surface area contributed by atoms with Crippen LogP contribution >= 0.6 is 27.3 Å². The van der Waals surface area contributed by atoms with Crippen molar-refractivity contribution >= 4 is 38.2 Å². The Balaban J connectivity index is 1.93. The van der Waals surface area contributed by atoms with E-state index in [0.717, 1.165) is 33.4 Å². The van der Waals surface area contributed by atoms with Crippen molar-refractivity contribution in [1.29, 1.82) is 0 Å². The molecule has 1 atom stereocenters. The van der Waals surface area contributed by atoms with Gasteiger partial charge in [-0.05, 0) is 31.5 Å². The van der Waals surface area contributed by atoms with E-state index in [2.05, 4.69) is 33.5 Å². The number of anilines is 1. The number of methoxy groups -OCH3 is 1. The Labute approximate surface area is 159 Å². The molecule has 0 bridgehead atoms. The largest absolute Gasteiger partial charge is 0.493 e. The van der Waals surface area contributed by atoms with Gasteiger partial charge >= 0.3 is 0 Å². The van der Waals surface area contributed by atoms with Crippen LogP contribution in [0.3, 0.4) is 0 Å². The fourth-order valence-corrected chi connectivity index (χ4v) is 4.55. The molecule has 134 valence electrons. The molecule has 2 N–H and O–H groups in total. The summed E-state index contributed by atoms with van der Waals surface area (Å²) >= 11 is 5.23. The quantitative estimate of drug-likeness (QED) is 0.703. The number of hydrogen-bond donors (Lipinski definition) is 2. The number of rotatable bonds is 6. The first-order valence-electron chi connectivity index (χ1n) is 8.27. The number of amides is 1. The third-order valence-corrected chi connectivity index (χ3v) is 5.78. The maximum absolute atomic E-state index is 12.5. The molecule has 25 heavy (non-hydrogen) atoms. The number of nitrogens with one attached hydrogen (secondary N) is 2. The Hall–Kier alpha value is -1.73. The van der Waals surface area contributed by atoms with E-state index in [4.69, 9.17) is 9.47 Å². The van der Waals surface area contributed by atoms with Gasteiger partial charge < -0.3 is 20.1 Å². The molecule has 0 unspecified atom stereocenters. The van der Waals surface area contributed by atoms with Crippen molar-refractivity contribution in [3.63, 3.8) is 0 Å². The molecule has 1 aliphatic rings. The summed E-state index contributed by atoms with van der Waals surface area (Å²) < 4.78 is 11.9. The SMILES string of the molecule is CCCc1cc2c(s1)N[C@@H](c1cc(OC)c(OCC)cc1Br)NC2=O. The maximum atomic E-state index is 12.5. The van der Waals surface area contributed by atoms with Crippen molar-refractivity contribution in [2.75, 3.05) is 19.0 Å². The van der Waals surface area contributed by atoms with E-state index in [0.29, 0.717) is 18.1 Å². The predicted molar refractivity (Wildman–Crippen MR) is 104 cm³/mol. The highest BCUT2D eigenvalue weighted by Gasteiger charge is 2.29. The van der Waals surface area contributed by atoms with Crippen LogP contribution in [-0.2, 0) is 6.42 Å². The van der Waals surface area contributed by atoms with E-state index in [1.54, 1.807) is 18.4 Å². The van der Waals surface area contributed by atoms with Crippen LogP contribution in [0, 0.1) is 0 Å². The third-order valence-electron chi connectivity index (χ3n) is 3.97. The van der Waals surface area contributed by atoms with Gasteiger partial charge in [-0.3, -0.25) is 4.79 Å². The second kappa shape index (κ2) is 7.66. The fraction of sp³-hybridized carbons (Fsp3) is 0.389. The smallest absolute Gasteiger partial charge is 0.256 e. The number of ether oxygens (including phenoxy) is 2. The van der Waals surface area contributed by atoms with Gasteiger partial charge in [-0.1, -0.05) is 29.3 Å². The monoisotopic (exact) mass is 424 g/mol. The molecule has 3 rings (SSSR count). The van der Waals surface area contributed by atoms with Crippen LogP contribution in [0.5, 0.6) is 11.5 Å². The van der Waals surface area contributed by atoms with E-state index in [9.17, 15) is 4.79 Å². The van der Waals surface area contributed by atoms with Gasteiger partial charge in [-0.2, -0.15) is 0 Å². The van der Waals surface area contributed by atoms with Crippen LogP contribution in [0.1, 0.15) is 47.2 Å². The van der Waals surface area contributed by atoms with Crippen molar-refractivity contribution in [1.82, 2.24) is 5.32 Å². The van der Waals surface area contributed by atoms with Crippen molar-refractivity contribution in [3.8, 4) is 11.5 Å². The van der Waals surface area contributed by atoms with E-state index in [1.165, 1.54) is 4.88 Å². The van der Waals surface area contributed by atoms with Crippen molar-refractivity contribution < 1.29 is 14.3 Å². The molecule has 1 aromatic carbocycles. The first-order valence-corrected chi connectivity index (χ1v) is 9.88. The zero-order chi connectivity index (χ0) is 18.0. The van der Waals surface area contributed by atoms with Gasteiger partial charge in [0.2, 0.25) is 0 Å². The van der Waals surface area contributed by atoms with Gasteiger partial charge in [0.05, 0.1) is 19.3 Å². The number of halogens is 1. The number of aryl methyl sites for hydroxylation is 1. The Morgan fingerprint density at radius 1 is 1.20 bits per heavy atom. The molecule has 5 nitrogen and oxygen atoms in total. The van der Waals surface area contributed by atoms with E-state index in [-0.39, 0.29) is 12.1 Å². The normalized spacial score (nSPS) is 16.0. The van der Waals surface area contributed by atoms with Crippen LogP contribution < -0.4 is 20.1 Å². The molecule has 0 fully saturated rings. The highest BCUT2D eigenvalue weighted by atomic mass is 79.9. The Morgan fingerprint density at radius 3 is 2.68 bits per heavy atom. The number of benzene rings is 1. The molecule has 2 aromatic rings. The summed E-state index contributed by atoms with van der Waals surface area (Å²) in [6, 6.07) is 5.74. The zero-order valence-electron chi connectivity index (χ0n) is 14.4. The number of fused-ring (bicyclic) bond motifs is 1. The second-order valence-corrected chi connectivity index (χ2v) is 7.71. The van der Waals surface area contributed by atoms with Crippen LogP contribution in [0.15, 0.2) is 22.7 Å². The summed E-state index contributed by atoms with van der Waals surface area (Å²) in [5, 5.41) is 7.36. The number of thiophene rings is 1. The molecule has 0 saturated carbocycles. The summed E-state index contributed by atoms with van der Waals surface area (Å²) in [4.78, 5) is 13.7. The van der Waals surface area contributed by atoms with Crippen molar-refractivity contribution in [2.45, 2.75) is 32.9 Å². The summed E-state index contributed by atoms with van der Waals surface area (Å²) in [6.45, 7) is 4.62. The fourth-order valence-electron chi connectivity index (χ4n) is 2.82. The lowest BCUT2D eigenvalue weighted by Crippen LogP contribution is -2.37. The molecule has 0 radical (unpaired) electrons. The lowest BCUT2D eigenvalue weighted by atomic mass is 10.1. The molecular formula is C18H21BrN2O3S. The van der Waals surface area contributed by atoms with Gasteiger partial charge in [0.25, 0.3) is 5.91 Å². The molecule has 0 saturated heterocycles. The van der Waals surface area contributed by atoms with Crippen LogP contribution in [0.25, 0.3) is 0 Å². The summed E-state index contributed by atoms with van der Waals surface area (Å²) in [7, 11) is 1.61. The highest BCUT2D eigenvalue weighted by molar-refractivity contribution is 9.10. The molecule has 1 aliphatic heterocycles. The average Bonchev–Trinajstić information content (AvgIpc) is 2.99. The maximum Gasteiger partial charge on any atom is 0.256 e. The Morgan fingerprint density at radius 2 is 2.00 bits per heavy atom. The molecule has 1 amide bonds. The van der Waals surface area contributed by atoms with E-state index < -0.39 is 0 Å². The highest BCUT2D eigenvalue weighted by Crippen LogP contribution is 2.40. The minimum absolute atomic E-state index is 0.0582. The Kier molecular flexibility index (Phi) is 5.54. The van der Waals surface area contributed by atoms with Crippen LogP contribution in [0.4, 0.5) is 5.00 Å². The average molecular weight is 425 g/mol. The summed E-state index contributed by atoms with van der Waals surface area (Å²) in [6.07, 6.45) is 1.72. The summed E-state index contributed by atoms with van der Waals surface area (Å²) in [5.74, 6) is 1.25. The van der Waals surface area contributed by atoms with Gasteiger partial charge in [0.1, 0.15) is 11.2 Å². The third kappa shape index (κ3) is 3.62.